The van der Waals surface area contributed by atoms with Crippen molar-refractivity contribution in [1.82, 2.24) is 5.32 Å². The largest absolute Gasteiger partial charge is 0.451 e. The van der Waals surface area contributed by atoms with Crippen LogP contribution in [-0.4, -0.2) is 24.6 Å². The summed E-state index contributed by atoms with van der Waals surface area (Å²) in [5.41, 5.74) is 1.34. The lowest BCUT2D eigenvalue weighted by Crippen LogP contribution is -2.32. The van der Waals surface area contributed by atoms with Gasteiger partial charge < -0.3 is 15.1 Å². The van der Waals surface area contributed by atoms with Gasteiger partial charge >= 0.3 is 0 Å². The van der Waals surface area contributed by atoms with Crippen molar-refractivity contribution >= 4 is 40.2 Å². The highest BCUT2D eigenvalue weighted by Gasteiger charge is 2.13. The highest BCUT2D eigenvalue weighted by molar-refractivity contribution is 7.98. The molecule has 0 bridgehead atoms. The van der Waals surface area contributed by atoms with Crippen LogP contribution in [0.5, 0.6) is 0 Å². The lowest BCUT2D eigenvalue weighted by atomic mass is 10.2. The van der Waals surface area contributed by atoms with Gasteiger partial charge in [-0.15, -0.1) is 11.8 Å². The molecule has 2 amide bonds. The van der Waals surface area contributed by atoms with Gasteiger partial charge in [0, 0.05) is 16.0 Å². The van der Waals surface area contributed by atoms with E-state index in [1.807, 2.05) is 42.7 Å². The summed E-state index contributed by atoms with van der Waals surface area (Å²) >= 11 is 1.59. The van der Waals surface area contributed by atoms with Crippen molar-refractivity contribution in [2.45, 2.75) is 4.90 Å². The van der Waals surface area contributed by atoms with Crippen LogP contribution in [0.2, 0.25) is 0 Å². The monoisotopic (exact) mass is 340 g/mol. The Balaban J connectivity index is 1.58. The van der Waals surface area contributed by atoms with Crippen molar-refractivity contribution in [3.05, 3.63) is 60.4 Å². The van der Waals surface area contributed by atoms with Crippen LogP contribution in [0.1, 0.15) is 10.6 Å². The van der Waals surface area contributed by atoms with Crippen molar-refractivity contribution < 1.29 is 14.0 Å². The van der Waals surface area contributed by atoms with Crippen molar-refractivity contribution in [3.8, 4) is 0 Å². The fourth-order valence-electron chi connectivity index (χ4n) is 2.25. The van der Waals surface area contributed by atoms with E-state index in [-0.39, 0.29) is 18.2 Å². The van der Waals surface area contributed by atoms with Crippen LogP contribution >= 0.6 is 11.8 Å². The molecule has 0 spiro atoms. The molecule has 2 N–H and O–H groups in total. The number of benzene rings is 2. The zero-order chi connectivity index (χ0) is 16.9. The molecule has 0 aliphatic rings. The summed E-state index contributed by atoms with van der Waals surface area (Å²) in [7, 11) is 0. The molecule has 0 aliphatic carbocycles. The molecule has 3 aromatic rings. The number of hydrogen-bond acceptors (Lipinski definition) is 4. The molecular formula is C18H16N2O3S. The van der Waals surface area contributed by atoms with Crippen LogP contribution in [0.15, 0.2) is 63.9 Å². The van der Waals surface area contributed by atoms with E-state index in [9.17, 15) is 9.59 Å². The number of amides is 2. The summed E-state index contributed by atoms with van der Waals surface area (Å²) in [6, 6.07) is 16.5. The summed E-state index contributed by atoms with van der Waals surface area (Å²) in [4.78, 5) is 25.1. The van der Waals surface area contributed by atoms with Gasteiger partial charge in [0.1, 0.15) is 5.58 Å². The van der Waals surface area contributed by atoms with Gasteiger partial charge in [0.15, 0.2) is 5.76 Å². The molecule has 122 valence electrons. The van der Waals surface area contributed by atoms with Gasteiger partial charge in [-0.05, 0) is 36.6 Å². The standard InChI is InChI=1S/C18H16N2O3S/c1-24-14-7-4-6-13(10-14)20-17(21)11-19-18(22)16-9-12-5-2-3-8-15(12)23-16/h2-10H,11H2,1H3,(H,19,22)(H,20,21). The lowest BCUT2D eigenvalue weighted by Gasteiger charge is -2.07. The number of para-hydroxylation sites is 1. The Kier molecular flexibility index (Phi) is 4.86. The molecule has 5 nitrogen and oxygen atoms in total. The second-order valence-electron chi connectivity index (χ2n) is 5.11. The van der Waals surface area contributed by atoms with E-state index in [1.54, 1.807) is 30.0 Å². The van der Waals surface area contributed by atoms with Crippen molar-refractivity contribution in [2.24, 2.45) is 0 Å². The molecule has 0 saturated heterocycles. The van der Waals surface area contributed by atoms with E-state index in [2.05, 4.69) is 10.6 Å². The van der Waals surface area contributed by atoms with Gasteiger partial charge in [-0.2, -0.15) is 0 Å². The quantitative estimate of drug-likeness (QED) is 0.697. The predicted molar refractivity (Wildman–Crippen MR) is 95.4 cm³/mol. The molecule has 0 saturated carbocycles. The lowest BCUT2D eigenvalue weighted by molar-refractivity contribution is -0.115. The predicted octanol–water partition coefficient (Wildman–Crippen LogP) is 3.52. The maximum atomic E-state index is 12.1. The molecule has 1 aromatic heterocycles. The normalized spacial score (nSPS) is 10.5. The minimum absolute atomic E-state index is 0.126. The van der Waals surface area contributed by atoms with Gasteiger partial charge in [0.2, 0.25) is 5.91 Å². The van der Waals surface area contributed by atoms with Gasteiger partial charge in [-0.1, -0.05) is 24.3 Å². The highest BCUT2D eigenvalue weighted by Crippen LogP contribution is 2.19. The average molecular weight is 340 g/mol. The number of anilines is 1. The Labute approximate surface area is 143 Å². The molecule has 24 heavy (non-hydrogen) atoms. The summed E-state index contributed by atoms with van der Waals surface area (Å²) in [5.74, 6) is -0.523. The number of fused-ring (bicyclic) bond motifs is 1. The second kappa shape index (κ2) is 7.23. The summed E-state index contributed by atoms with van der Waals surface area (Å²) in [5, 5.41) is 6.16. The topological polar surface area (TPSA) is 71.3 Å². The van der Waals surface area contributed by atoms with Crippen LogP contribution in [0.25, 0.3) is 11.0 Å². The highest BCUT2D eigenvalue weighted by atomic mass is 32.2. The van der Waals surface area contributed by atoms with E-state index < -0.39 is 5.91 Å². The van der Waals surface area contributed by atoms with Gasteiger partial charge in [0.25, 0.3) is 5.91 Å². The van der Waals surface area contributed by atoms with E-state index in [0.29, 0.717) is 11.3 Å². The molecule has 0 fully saturated rings. The van der Waals surface area contributed by atoms with Gasteiger partial charge in [-0.3, -0.25) is 9.59 Å². The van der Waals surface area contributed by atoms with E-state index in [1.165, 1.54) is 0 Å². The first kappa shape index (κ1) is 16.1. The number of carbonyl (C=O) groups is 2. The molecule has 2 aromatic carbocycles. The molecule has 0 atom stereocenters. The van der Waals surface area contributed by atoms with Crippen molar-refractivity contribution in [3.63, 3.8) is 0 Å². The number of furan rings is 1. The molecule has 1 heterocycles. The Hall–Kier alpha value is -2.73. The zero-order valence-corrected chi connectivity index (χ0v) is 13.9. The van der Waals surface area contributed by atoms with E-state index >= 15 is 0 Å². The van der Waals surface area contributed by atoms with Crippen LogP contribution < -0.4 is 10.6 Å². The zero-order valence-electron chi connectivity index (χ0n) is 13.0. The van der Waals surface area contributed by atoms with Crippen LogP contribution in [-0.2, 0) is 4.79 Å². The van der Waals surface area contributed by atoms with Gasteiger partial charge in [0.05, 0.1) is 6.54 Å². The maximum absolute atomic E-state index is 12.1. The third-order valence-corrected chi connectivity index (χ3v) is 4.14. The van der Waals surface area contributed by atoms with Crippen LogP contribution in [0.3, 0.4) is 0 Å². The third-order valence-electron chi connectivity index (χ3n) is 3.41. The van der Waals surface area contributed by atoms with Crippen LogP contribution in [0.4, 0.5) is 5.69 Å². The third kappa shape index (κ3) is 3.78. The Morgan fingerprint density at radius 1 is 1.08 bits per heavy atom. The Morgan fingerprint density at radius 3 is 2.71 bits per heavy atom. The molecule has 3 rings (SSSR count). The number of hydrogen-bond donors (Lipinski definition) is 2. The van der Waals surface area contributed by atoms with Gasteiger partial charge in [-0.25, -0.2) is 0 Å². The van der Waals surface area contributed by atoms with E-state index in [4.69, 9.17) is 4.42 Å². The van der Waals surface area contributed by atoms with Crippen LogP contribution in [0, 0.1) is 0 Å². The summed E-state index contributed by atoms with van der Waals surface area (Å²) < 4.78 is 5.46. The summed E-state index contributed by atoms with van der Waals surface area (Å²) in [6.45, 7) is -0.126. The minimum atomic E-state index is -0.417. The number of thioether (sulfide) groups is 1. The summed E-state index contributed by atoms with van der Waals surface area (Å²) in [6.07, 6.45) is 1.97. The second-order valence-corrected chi connectivity index (χ2v) is 5.99. The molecule has 0 radical (unpaired) electrons. The maximum Gasteiger partial charge on any atom is 0.287 e. The molecule has 0 aliphatic heterocycles. The number of carbonyl (C=O) groups excluding carboxylic acids is 2. The first-order chi connectivity index (χ1) is 11.7. The Morgan fingerprint density at radius 2 is 1.92 bits per heavy atom. The average Bonchev–Trinajstić information content (AvgIpc) is 3.04. The van der Waals surface area contributed by atoms with E-state index in [0.717, 1.165) is 10.3 Å². The fourth-order valence-corrected chi connectivity index (χ4v) is 2.71. The van der Waals surface area contributed by atoms with Crippen molar-refractivity contribution in [2.75, 3.05) is 18.1 Å². The molecule has 0 unspecified atom stereocenters. The number of rotatable bonds is 5. The first-order valence-corrected chi connectivity index (χ1v) is 8.59. The number of nitrogens with one attached hydrogen (secondary N) is 2. The SMILES string of the molecule is CSc1cccc(NC(=O)CNC(=O)c2cc3ccccc3o2)c1. The first-order valence-electron chi connectivity index (χ1n) is 7.36. The fraction of sp³-hybridized carbons (Fsp3) is 0.111. The minimum Gasteiger partial charge on any atom is -0.451 e. The van der Waals surface area contributed by atoms with Crippen molar-refractivity contribution in [1.29, 1.82) is 0 Å². The Bertz CT molecular complexity index is 856. The smallest absolute Gasteiger partial charge is 0.287 e. The molecule has 6 heteroatoms. The molecular weight excluding hydrogens is 324 g/mol.